The van der Waals surface area contributed by atoms with Gasteiger partial charge in [0.25, 0.3) is 0 Å². The number of amidine groups is 1. The number of carboxylic acids is 1. The van der Waals surface area contributed by atoms with Crippen molar-refractivity contribution in [1.29, 1.82) is 0 Å². The van der Waals surface area contributed by atoms with Crippen LogP contribution in [0.5, 0.6) is 0 Å². The van der Waals surface area contributed by atoms with E-state index in [1.165, 1.54) is 36.5 Å². The van der Waals surface area contributed by atoms with Gasteiger partial charge in [0.2, 0.25) is 5.69 Å². The lowest BCUT2D eigenvalue weighted by molar-refractivity contribution is -0.137. The van der Waals surface area contributed by atoms with Crippen molar-refractivity contribution in [3.8, 4) is 0 Å². The molecule has 1 saturated carbocycles. The Kier molecular flexibility index (Phi) is 6.58. The standard InChI is InChI=1S/C26H24F2N4O4S/c1-24(2,3)36-23(35)31-22-32-25(4,20-12-26(20,37-22)21(33)34)16-10-14(6-8-17(16)27)11-18(28)19-9-7-15(29-5)13-30-19/h6-11,13,20H,12H2,1-4H3,(H,33,34)(H,31,32,35)/b18-11-/t20-,25+,26-/m0/s1. The van der Waals surface area contributed by atoms with Crippen molar-refractivity contribution in [2.75, 3.05) is 0 Å². The normalized spacial score (nSPS) is 24.8. The molecule has 1 aliphatic carbocycles. The highest BCUT2D eigenvalue weighted by atomic mass is 32.2. The summed E-state index contributed by atoms with van der Waals surface area (Å²) in [6.07, 6.45) is 1.82. The second-order valence-electron chi connectivity index (χ2n) is 9.99. The van der Waals surface area contributed by atoms with Gasteiger partial charge in [-0.05, 0) is 64.0 Å². The number of nitrogens with one attached hydrogen (secondary N) is 1. The summed E-state index contributed by atoms with van der Waals surface area (Å²) in [5.41, 5.74) is -1.49. The van der Waals surface area contributed by atoms with E-state index in [1.807, 2.05) is 0 Å². The Bertz CT molecular complexity index is 1380. The van der Waals surface area contributed by atoms with Gasteiger partial charge in [-0.15, -0.1) is 0 Å². The minimum Gasteiger partial charge on any atom is -0.480 e. The lowest BCUT2D eigenvalue weighted by Crippen LogP contribution is -2.43. The molecule has 2 heterocycles. The molecule has 1 aromatic carbocycles. The summed E-state index contributed by atoms with van der Waals surface area (Å²) in [5.74, 6) is -2.99. The Labute approximate surface area is 216 Å². The first-order valence-electron chi connectivity index (χ1n) is 11.3. The van der Waals surface area contributed by atoms with Crippen LogP contribution in [0.4, 0.5) is 19.3 Å². The van der Waals surface area contributed by atoms with E-state index in [2.05, 4.69) is 20.1 Å². The second kappa shape index (κ2) is 9.27. The van der Waals surface area contributed by atoms with E-state index in [1.54, 1.807) is 27.7 Å². The number of halogens is 2. The molecular weight excluding hydrogens is 502 g/mol. The molecule has 3 atom stereocenters. The number of fused-ring (bicyclic) bond motifs is 1. The van der Waals surface area contributed by atoms with Crippen molar-refractivity contribution < 1.29 is 28.2 Å². The predicted molar refractivity (Wildman–Crippen MR) is 136 cm³/mol. The zero-order chi connectivity index (χ0) is 27.2. The van der Waals surface area contributed by atoms with Gasteiger partial charge in [0.15, 0.2) is 5.17 Å². The van der Waals surface area contributed by atoms with Crippen LogP contribution in [0.1, 0.15) is 50.9 Å². The van der Waals surface area contributed by atoms with Crippen LogP contribution < -0.4 is 5.32 Å². The Hall–Kier alpha value is -3.78. The number of nitrogens with zero attached hydrogens (tertiary/aromatic N) is 3. The number of carbonyl (C=O) groups is 2. The summed E-state index contributed by atoms with van der Waals surface area (Å²) in [6.45, 7) is 13.6. The Morgan fingerprint density at radius 2 is 2.05 bits per heavy atom. The van der Waals surface area contributed by atoms with Crippen molar-refractivity contribution in [2.24, 2.45) is 10.9 Å². The largest absolute Gasteiger partial charge is 0.480 e. The molecule has 0 bridgehead atoms. The number of aliphatic carboxylic acids is 1. The molecule has 37 heavy (non-hydrogen) atoms. The quantitative estimate of drug-likeness (QED) is 0.479. The van der Waals surface area contributed by atoms with Crippen LogP contribution in [0.25, 0.3) is 16.7 Å². The molecule has 0 unspecified atom stereocenters. The highest BCUT2D eigenvalue weighted by Gasteiger charge is 2.71. The van der Waals surface area contributed by atoms with Gasteiger partial charge in [-0.1, -0.05) is 23.9 Å². The van der Waals surface area contributed by atoms with Gasteiger partial charge in [-0.25, -0.2) is 18.4 Å². The lowest BCUT2D eigenvalue weighted by Gasteiger charge is -2.34. The fourth-order valence-electron chi connectivity index (χ4n) is 4.30. The van der Waals surface area contributed by atoms with E-state index in [0.29, 0.717) is 5.56 Å². The molecule has 2 aromatic rings. The fourth-order valence-corrected chi connectivity index (χ4v) is 5.72. The molecule has 1 aromatic heterocycles. The zero-order valence-corrected chi connectivity index (χ0v) is 21.3. The van der Waals surface area contributed by atoms with Gasteiger partial charge in [0, 0.05) is 17.7 Å². The van der Waals surface area contributed by atoms with Gasteiger partial charge in [0.1, 0.15) is 22.0 Å². The number of pyridine rings is 1. The summed E-state index contributed by atoms with van der Waals surface area (Å²) in [7, 11) is 0. The maximum atomic E-state index is 15.2. The van der Waals surface area contributed by atoms with E-state index >= 15 is 4.39 Å². The topological polar surface area (TPSA) is 105 Å². The van der Waals surface area contributed by atoms with Gasteiger partial charge >= 0.3 is 12.1 Å². The number of hydrogen-bond donors (Lipinski definition) is 2. The average molecular weight is 527 g/mol. The molecule has 192 valence electrons. The summed E-state index contributed by atoms with van der Waals surface area (Å²) in [4.78, 5) is 36.3. The number of aliphatic imine (C=N–C) groups is 1. The summed E-state index contributed by atoms with van der Waals surface area (Å²) in [5, 5.41) is 12.5. The zero-order valence-electron chi connectivity index (χ0n) is 20.5. The molecular formula is C26H24F2N4O4S. The second-order valence-corrected chi connectivity index (χ2v) is 11.3. The molecule has 0 radical (unpaired) electrons. The number of amides is 1. The summed E-state index contributed by atoms with van der Waals surface area (Å²) in [6, 6.07) is 6.77. The monoisotopic (exact) mass is 526 g/mol. The lowest BCUT2D eigenvalue weighted by atomic mass is 9.84. The first-order chi connectivity index (χ1) is 17.3. The number of aromatic nitrogens is 1. The minimum atomic E-state index is -1.35. The number of thioether (sulfide) groups is 1. The number of carbonyl (C=O) groups excluding carboxylic acids is 1. The van der Waals surface area contributed by atoms with E-state index in [-0.39, 0.29) is 28.5 Å². The van der Waals surface area contributed by atoms with Crippen molar-refractivity contribution >= 4 is 46.6 Å². The van der Waals surface area contributed by atoms with Gasteiger partial charge in [-0.2, -0.15) is 0 Å². The molecule has 1 aliphatic heterocycles. The number of carboxylic acid groups (broad SMARTS) is 1. The Morgan fingerprint density at radius 3 is 2.65 bits per heavy atom. The third kappa shape index (κ3) is 5.20. The summed E-state index contributed by atoms with van der Waals surface area (Å²) < 4.78 is 34.0. The molecule has 4 rings (SSSR count). The average Bonchev–Trinajstić information content (AvgIpc) is 3.56. The molecule has 11 heteroatoms. The van der Waals surface area contributed by atoms with Crippen molar-refractivity contribution in [3.63, 3.8) is 0 Å². The first kappa shape index (κ1) is 26.3. The molecule has 1 amide bonds. The molecule has 0 spiro atoms. The van der Waals surface area contributed by atoms with E-state index in [9.17, 15) is 19.1 Å². The van der Waals surface area contributed by atoms with Crippen LogP contribution in [0, 0.1) is 18.3 Å². The Balaban J connectivity index is 1.72. The number of hydrogen-bond acceptors (Lipinski definition) is 6. The predicted octanol–water partition coefficient (Wildman–Crippen LogP) is 5.93. The van der Waals surface area contributed by atoms with E-state index < -0.39 is 45.5 Å². The van der Waals surface area contributed by atoms with Crippen LogP contribution >= 0.6 is 11.8 Å². The van der Waals surface area contributed by atoms with Gasteiger partial charge < -0.3 is 9.84 Å². The van der Waals surface area contributed by atoms with E-state index in [4.69, 9.17) is 11.3 Å². The van der Waals surface area contributed by atoms with Crippen molar-refractivity contribution in [3.05, 3.63) is 70.6 Å². The third-order valence-corrected chi connectivity index (χ3v) is 7.50. The minimum absolute atomic E-state index is 0.00326. The molecule has 2 aliphatic rings. The highest BCUT2D eigenvalue weighted by Crippen LogP contribution is 2.66. The first-order valence-corrected chi connectivity index (χ1v) is 12.1. The molecule has 2 N–H and O–H groups in total. The number of rotatable bonds is 4. The molecule has 1 fully saturated rings. The molecule has 0 saturated heterocycles. The number of ether oxygens (including phenoxy) is 1. The maximum Gasteiger partial charge on any atom is 0.413 e. The van der Waals surface area contributed by atoms with Crippen LogP contribution in [0.2, 0.25) is 0 Å². The maximum absolute atomic E-state index is 15.2. The SMILES string of the molecule is [C-]#[N+]c1ccc(/C(F)=C/c2ccc(F)c([C@@]3(C)N=C(NC(=O)OC(C)(C)C)S[C@@]4(C(=O)O)C[C@H]43)c2)nc1. The summed E-state index contributed by atoms with van der Waals surface area (Å²) >= 11 is 0.903. The van der Waals surface area contributed by atoms with Crippen LogP contribution in [-0.4, -0.2) is 37.7 Å². The smallest absolute Gasteiger partial charge is 0.413 e. The highest BCUT2D eigenvalue weighted by molar-refractivity contribution is 8.16. The number of alkyl carbamates (subject to hydrolysis) is 1. The van der Waals surface area contributed by atoms with Crippen molar-refractivity contribution in [1.82, 2.24) is 10.3 Å². The molecule has 8 nitrogen and oxygen atoms in total. The fraction of sp³-hybridized carbons (Fsp3) is 0.346. The van der Waals surface area contributed by atoms with Crippen LogP contribution in [0.15, 0.2) is 41.5 Å². The van der Waals surface area contributed by atoms with Crippen LogP contribution in [-0.2, 0) is 15.1 Å². The number of benzene rings is 1. The van der Waals surface area contributed by atoms with Gasteiger partial charge in [-0.3, -0.25) is 20.1 Å². The van der Waals surface area contributed by atoms with Crippen LogP contribution in [0.3, 0.4) is 0 Å². The Morgan fingerprint density at radius 1 is 1.32 bits per heavy atom. The van der Waals surface area contributed by atoms with Crippen molar-refractivity contribution in [2.45, 2.75) is 50.0 Å². The third-order valence-electron chi connectivity index (χ3n) is 6.12. The van der Waals surface area contributed by atoms with E-state index in [0.717, 1.165) is 17.8 Å². The van der Waals surface area contributed by atoms with Gasteiger partial charge in [0.05, 0.1) is 17.8 Å².